The predicted molar refractivity (Wildman–Crippen MR) is 330 cm³/mol. The molecule has 6 heteroatoms. The fourth-order valence-corrected chi connectivity index (χ4v) is 10.8. The lowest BCUT2D eigenvalue weighted by Crippen LogP contribution is -2.30. The van der Waals surface area contributed by atoms with E-state index < -0.39 is 6.10 Å². The van der Waals surface area contributed by atoms with Crippen LogP contribution in [0.1, 0.15) is 400 Å². The second-order valence-electron chi connectivity index (χ2n) is 23.8. The SMILES string of the molecule is CCCCCCCC/C=C\CCCCCCCC(=O)OC(COC(=O)CCCCCCCCCCCC)COC(=O)CCCCCCCCCCCCCCCCCCCCCCCCCCCCCCCCCCC. The first-order chi connectivity index (χ1) is 37.5. The maximum atomic E-state index is 12.9. The Labute approximate surface area is 475 Å². The third-order valence-electron chi connectivity index (χ3n) is 16.0. The molecule has 0 aromatic carbocycles. The van der Waals surface area contributed by atoms with E-state index in [1.54, 1.807) is 0 Å². The molecule has 0 fully saturated rings. The molecule has 0 saturated carbocycles. The Morgan fingerprint density at radius 2 is 0.434 bits per heavy atom. The molecule has 0 saturated heterocycles. The van der Waals surface area contributed by atoms with Crippen LogP contribution in [0, 0.1) is 0 Å². The minimum absolute atomic E-state index is 0.0673. The van der Waals surface area contributed by atoms with E-state index in [4.69, 9.17) is 14.2 Å². The minimum Gasteiger partial charge on any atom is -0.462 e. The number of ether oxygens (including phenoxy) is 3. The summed E-state index contributed by atoms with van der Waals surface area (Å²) >= 11 is 0. The summed E-state index contributed by atoms with van der Waals surface area (Å²) in [7, 11) is 0. The van der Waals surface area contributed by atoms with Gasteiger partial charge in [-0.15, -0.1) is 0 Å². The summed E-state index contributed by atoms with van der Waals surface area (Å²) in [6.07, 6.45) is 78.4. The zero-order chi connectivity index (χ0) is 55.0. The van der Waals surface area contributed by atoms with Gasteiger partial charge in [0.2, 0.25) is 0 Å². The normalized spacial score (nSPS) is 12.0. The predicted octanol–water partition coefficient (Wildman–Crippen LogP) is 23.6. The van der Waals surface area contributed by atoms with Gasteiger partial charge in [-0.3, -0.25) is 14.4 Å². The average molecular weight is 1070 g/mol. The van der Waals surface area contributed by atoms with Crippen molar-refractivity contribution in [2.24, 2.45) is 0 Å². The molecule has 0 heterocycles. The number of carbonyl (C=O) groups excluding carboxylic acids is 3. The number of carbonyl (C=O) groups is 3. The molecule has 0 rings (SSSR count). The van der Waals surface area contributed by atoms with Gasteiger partial charge < -0.3 is 14.2 Å². The lowest BCUT2D eigenvalue weighted by Gasteiger charge is -2.18. The quantitative estimate of drug-likeness (QED) is 0.0261. The van der Waals surface area contributed by atoms with Crippen molar-refractivity contribution in [1.29, 1.82) is 0 Å². The Balaban J connectivity index is 3.99. The summed E-state index contributed by atoms with van der Waals surface area (Å²) in [6, 6.07) is 0. The third kappa shape index (κ3) is 63.0. The van der Waals surface area contributed by atoms with Crippen molar-refractivity contribution in [2.45, 2.75) is 406 Å². The molecule has 0 amide bonds. The van der Waals surface area contributed by atoms with Crippen LogP contribution in [0.25, 0.3) is 0 Å². The maximum Gasteiger partial charge on any atom is 0.306 e. The van der Waals surface area contributed by atoms with E-state index in [-0.39, 0.29) is 31.1 Å². The lowest BCUT2D eigenvalue weighted by molar-refractivity contribution is -0.167. The molecule has 1 atom stereocenters. The van der Waals surface area contributed by atoms with Gasteiger partial charge in [-0.05, 0) is 44.9 Å². The number of rotatable bonds is 65. The van der Waals surface area contributed by atoms with E-state index in [2.05, 4.69) is 32.9 Å². The number of hydrogen-bond donors (Lipinski definition) is 0. The summed E-state index contributed by atoms with van der Waals surface area (Å²) in [5.41, 5.74) is 0. The molecule has 0 aliphatic heterocycles. The van der Waals surface area contributed by atoms with Crippen LogP contribution in [0.5, 0.6) is 0 Å². The molecule has 0 bridgehead atoms. The lowest BCUT2D eigenvalue weighted by atomic mass is 10.0. The van der Waals surface area contributed by atoms with Gasteiger partial charge in [0.15, 0.2) is 6.10 Å². The van der Waals surface area contributed by atoms with Crippen LogP contribution >= 0.6 is 0 Å². The molecular formula is C70H134O6. The van der Waals surface area contributed by atoms with Gasteiger partial charge in [0.25, 0.3) is 0 Å². The van der Waals surface area contributed by atoms with Crippen LogP contribution in [0.4, 0.5) is 0 Å². The molecule has 0 radical (unpaired) electrons. The average Bonchev–Trinajstić information content (AvgIpc) is 3.42. The summed E-state index contributed by atoms with van der Waals surface area (Å²) in [4.78, 5) is 38.2. The Kier molecular flexibility index (Phi) is 64.1. The monoisotopic (exact) mass is 1070 g/mol. The molecule has 0 aromatic heterocycles. The first-order valence-corrected chi connectivity index (χ1v) is 34.7. The molecule has 450 valence electrons. The molecule has 0 aliphatic rings. The van der Waals surface area contributed by atoms with Gasteiger partial charge in [0.1, 0.15) is 13.2 Å². The molecule has 0 spiro atoms. The summed E-state index contributed by atoms with van der Waals surface area (Å²) in [6.45, 7) is 6.69. The maximum absolute atomic E-state index is 12.9. The van der Waals surface area contributed by atoms with E-state index in [1.807, 2.05) is 0 Å². The van der Waals surface area contributed by atoms with E-state index in [0.717, 1.165) is 64.2 Å². The van der Waals surface area contributed by atoms with Crippen molar-refractivity contribution in [3.63, 3.8) is 0 Å². The first kappa shape index (κ1) is 74.2. The van der Waals surface area contributed by atoms with E-state index >= 15 is 0 Å². The smallest absolute Gasteiger partial charge is 0.306 e. The summed E-state index contributed by atoms with van der Waals surface area (Å²) in [5, 5.41) is 0. The molecule has 76 heavy (non-hydrogen) atoms. The Morgan fingerprint density at radius 1 is 0.250 bits per heavy atom. The minimum atomic E-state index is -0.769. The second kappa shape index (κ2) is 65.7. The second-order valence-corrected chi connectivity index (χ2v) is 23.8. The van der Waals surface area contributed by atoms with Crippen LogP contribution in [0.2, 0.25) is 0 Å². The van der Waals surface area contributed by atoms with Crippen LogP contribution in [-0.4, -0.2) is 37.2 Å². The van der Waals surface area contributed by atoms with Gasteiger partial charge in [-0.2, -0.15) is 0 Å². The fraction of sp³-hybridized carbons (Fsp3) is 0.929. The number of unbranched alkanes of at least 4 members (excludes halogenated alkanes) is 52. The van der Waals surface area contributed by atoms with Crippen LogP contribution < -0.4 is 0 Å². The zero-order valence-electron chi connectivity index (χ0n) is 51.8. The number of hydrogen-bond acceptors (Lipinski definition) is 6. The first-order valence-electron chi connectivity index (χ1n) is 34.7. The highest BCUT2D eigenvalue weighted by molar-refractivity contribution is 5.71. The largest absolute Gasteiger partial charge is 0.462 e. The van der Waals surface area contributed by atoms with Crippen LogP contribution in [0.15, 0.2) is 12.2 Å². The van der Waals surface area contributed by atoms with Gasteiger partial charge in [0.05, 0.1) is 0 Å². The highest BCUT2D eigenvalue weighted by Crippen LogP contribution is 2.19. The molecule has 0 aromatic rings. The Hall–Kier alpha value is -1.85. The Morgan fingerprint density at radius 3 is 0.658 bits per heavy atom. The summed E-state index contributed by atoms with van der Waals surface area (Å²) in [5.74, 6) is -0.850. The van der Waals surface area contributed by atoms with Gasteiger partial charge in [0, 0.05) is 19.3 Å². The third-order valence-corrected chi connectivity index (χ3v) is 16.0. The van der Waals surface area contributed by atoms with Crippen molar-refractivity contribution >= 4 is 17.9 Å². The molecule has 0 aliphatic carbocycles. The standard InChI is InChI=1S/C70H134O6/c1-4-7-10-13-16-19-22-24-26-27-28-29-30-31-32-33-34-35-36-37-38-39-40-41-42-43-45-46-48-51-54-57-60-63-69(72)75-66-67(65-74-68(71)62-59-56-53-50-21-18-15-12-9-6-3)76-70(73)64-61-58-55-52-49-47-44-25-23-20-17-14-11-8-5-2/h25,44,67H,4-24,26-43,45-66H2,1-3H3/b44-25-. The van der Waals surface area contributed by atoms with Gasteiger partial charge in [-0.1, -0.05) is 348 Å². The van der Waals surface area contributed by atoms with Gasteiger partial charge in [-0.25, -0.2) is 0 Å². The molecule has 1 unspecified atom stereocenters. The van der Waals surface area contributed by atoms with E-state index in [1.165, 1.54) is 295 Å². The summed E-state index contributed by atoms with van der Waals surface area (Å²) < 4.78 is 16.9. The van der Waals surface area contributed by atoms with Crippen molar-refractivity contribution in [2.75, 3.05) is 13.2 Å². The topological polar surface area (TPSA) is 78.9 Å². The van der Waals surface area contributed by atoms with Crippen LogP contribution in [0.3, 0.4) is 0 Å². The van der Waals surface area contributed by atoms with Gasteiger partial charge >= 0.3 is 17.9 Å². The van der Waals surface area contributed by atoms with E-state index in [0.29, 0.717) is 19.3 Å². The van der Waals surface area contributed by atoms with Crippen molar-refractivity contribution in [1.82, 2.24) is 0 Å². The highest BCUT2D eigenvalue weighted by atomic mass is 16.6. The molecule has 0 N–H and O–H groups in total. The number of esters is 3. The number of allylic oxidation sites excluding steroid dienone is 2. The van der Waals surface area contributed by atoms with Crippen molar-refractivity contribution in [3.05, 3.63) is 12.2 Å². The molecular weight excluding hydrogens is 937 g/mol. The van der Waals surface area contributed by atoms with Crippen LogP contribution in [-0.2, 0) is 28.6 Å². The fourth-order valence-electron chi connectivity index (χ4n) is 10.8. The van der Waals surface area contributed by atoms with E-state index in [9.17, 15) is 14.4 Å². The Bertz CT molecular complexity index is 1180. The molecule has 6 nitrogen and oxygen atoms in total. The van der Waals surface area contributed by atoms with Crippen molar-refractivity contribution < 1.29 is 28.6 Å². The highest BCUT2D eigenvalue weighted by Gasteiger charge is 2.19. The van der Waals surface area contributed by atoms with Crippen molar-refractivity contribution in [3.8, 4) is 0 Å². The zero-order valence-corrected chi connectivity index (χ0v) is 51.8.